The van der Waals surface area contributed by atoms with E-state index >= 15 is 0 Å². The van der Waals surface area contributed by atoms with Crippen LogP contribution in [0.5, 0.6) is 0 Å². The van der Waals surface area contributed by atoms with Gasteiger partial charge in [-0.15, -0.1) is 0 Å². The molecule has 112 valence electrons. The summed E-state index contributed by atoms with van der Waals surface area (Å²) in [5, 5.41) is 15.5. The van der Waals surface area contributed by atoms with Crippen molar-refractivity contribution in [3.05, 3.63) is 23.8 Å². The molecule has 0 bridgehead atoms. The van der Waals surface area contributed by atoms with Crippen LogP contribution in [0.4, 0.5) is 11.4 Å². The number of nitrogen functional groups attached to an aromatic ring is 1. The van der Waals surface area contributed by atoms with Crippen molar-refractivity contribution < 1.29 is 14.6 Å². The third-order valence-electron chi connectivity index (χ3n) is 2.78. The van der Waals surface area contributed by atoms with Crippen molar-refractivity contribution in [1.29, 1.82) is 0 Å². The molecule has 1 unspecified atom stereocenters. The number of methoxy groups -OCH3 is 1. The van der Waals surface area contributed by atoms with Crippen molar-refractivity contribution in [2.75, 3.05) is 37.9 Å². The zero-order valence-electron chi connectivity index (χ0n) is 12.0. The molecule has 0 aliphatic rings. The van der Waals surface area contributed by atoms with E-state index in [4.69, 9.17) is 10.5 Å². The van der Waals surface area contributed by atoms with Crippen LogP contribution in [0.25, 0.3) is 0 Å². The van der Waals surface area contributed by atoms with Gasteiger partial charge in [0.1, 0.15) is 0 Å². The largest absolute Gasteiger partial charge is 0.399 e. The van der Waals surface area contributed by atoms with Gasteiger partial charge < -0.3 is 26.2 Å². The molecule has 1 amide bonds. The number of rotatable bonds is 8. The van der Waals surface area contributed by atoms with Gasteiger partial charge in [-0.25, -0.2) is 0 Å². The van der Waals surface area contributed by atoms with Gasteiger partial charge in [-0.2, -0.15) is 0 Å². The smallest absolute Gasteiger partial charge is 0.253 e. The molecule has 0 spiro atoms. The Balaban J connectivity index is 2.67. The normalized spacial score (nSPS) is 11.9. The second kappa shape index (κ2) is 8.39. The Morgan fingerprint density at radius 1 is 1.50 bits per heavy atom. The molecular formula is C14H23N3O3. The number of amides is 1. The minimum atomic E-state index is -0.526. The number of carbonyl (C=O) groups excluding carboxylic acids is 1. The maximum Gasteiger partial charge on any atom is 0.253 e. The lowest BCUT2D eigenvalue weighted by molar-refractivity contribution is 0.0615. The summed E-state index contributed by atoms with van der Waals surface area (Å²) in [6.07, 6.45) is -0.00114. The lowest BCUT2D eigenvalue weighted by Gasteiger charge is -2.14. The quantitative estimate of drug-likeness (QED) is 0.529. The van der Waals surface area contributed by atoms with Crippen LogP contribution in [0, 0.1) is 0 Å². The van der Waals surface area contributed by atoms with Gasteiger partial charge in [-0.05, 0) is 31.5 Å². The van der Waals surface area contributed by atoms with E-state index < -0.39 is 6.10 Å². The van der Waals surface area contributed by atoms with Gasteiger partial charge >= 0.3 is 0 Å². The van der Waals surface area contributed by atoms with Gasteiger partial charge in [0.25, 0.3) is 5.91 Å². The minimum Gasteiger partial charge on any atom is -0.399 e. The average molecular weight is 281 g/mol. The number of hydrogen-bond acceptors (Lipinski definition) is 5. The average Bonchev–Trinajstić information content (AvgIpc) is 2.39. The molecule has 6 heteroatoms. The van der Waals surface area contributed by atoms with Gasteiger partial charge in [0.2, 0.25) is 0 Å². The van der Waals surface area contributed by atoms with E-state index in [1.54, 1.807) is 25.3 Å². The van der Waals surface area contributed by atoms with Crippen LogP contribution < -0.4 is 16.4 Å². The van der Waals surface area contributed by atoms with Crippen LogP contribution in [0.15, 0.2) is 18.2 Å². The molecule has 0 heterocycles. The number of benzene rings is 1. The van der Waals surface area contributed by atoms with Crippen LogP contribution in [0.3, 0.4) is 0 Å². The highest BCUT2D eigenvalue weighted by molar-refractivity contribution is 6.00. The Morgan fingerprint density at radius 3 is 2.90 bits per heavy atom. The summed E-state index contributed by atoms with van der Waals surface area (Å²) >= 11 is 0. The number of nitrogens with two attached hydrogens (primary N) is 1. The summed E-state index contributed by atoms with van der Waals surface area (Å²) in [6, 6.07) is 5.09. The van der Waals surface area contributed by atoms with Crippen LogP contribution in [-0.2, 0) is 4.74 Å². The van der Waals surface area contributed by atoms with Crippen LogP contribution >= 0.6 is 0 Å². The summed E-state index contributed by atoms with van der Waals surface area (Å²) in [5.41, 5.74) is 7.53. The highest BCUT2D eigenvalue weighted by Crippen LogP contribution is 2.19. The Bertz CT molecular complexity index is 438. The molecular weight excluding hydrogens is 258 g/mol. The number of hydrogen-bond donors (Lipinski definition) is 4. The van der Waals surface area contributed by atoms with Crippen molar-refractivity contribution in [2.45, 2.75) is 19.4 Å². The van der Waals surface area contributed by atoms with Crippen LogP contribution in [0.2, 0.25) is 0 Å². The third-order valence-corrected chi connectivity index (χ3v) is 2.78. The van der Waals surface area contributed by atoms with Gasteiger partial charge in [-0.1, -0.05) is 0 Å². The second-order valence-corrected chi connectivity index (χ2v) is 4.49. The fourth-order valence-corrected chi connectivity index (χ4v) is 1.81. The number of anilines is 2. The lowest BCUT2D eigenvalue weighted by atomic mass is 10.1. The standard InChI is InChI=1S/C14H23N3O3/c1-3-16-14(19)12-5-4-10(15)8-13(12)17-7-6-11(18)9-20-2/h4-5,8,11,17-18H,3,6-7,9,15H2,1-2H3,(H,16,19). The summed E-state index contributed by atoms with van der Waals surface area (Å²) in [7, 11) is 1.54. The van der Waals surface area contributed by atoms with Crippen molar-refractivity contribution >= 4 is 17.3 Å². The van der Waals surface area contributed by atoms with E-state index in [2.05, 4.69) is 10.6 Å². The van der Waals surface area contributed by atoms with E-state index in [0.717, 1.165) is 0 Å². The van der Waals surface area contributed by atoms with E-state index in [0.29, 0.717) is 43.1 Å². The highest BCUT2D eigenvalue weighted by atomic mass is 16.5. The molecule has 1 aromatic carbocycles. The van der Waals surface area contributed by atoms with Gasteiger partial charge in [0, 0.05) is 31.6 Å². The van der Waals surface area contributed by atoms with Crippen molar-refractivity contribution in [2.24, 2.45) is 0 Å². The zero-order valence-corrected chi connectivity index (χ0v) is 12.0. The van der Waals surface area contributed by atoms with Crippen LogP contribution in [-0.4, -0.2) is 43.9 Å². The number of ether oxygens (including phenoxy) is 1. The molecule has 1 aromatic rings. The summed E-state index contributed by atoms with van der Waals surface area (Å²) < 4.78 is 4.86. The maximum absolute atomic E-state index is 11.9. The summed E-state index contributed by atoms with van der Waals surface area (Å²) in [6.45, 7) is 3.25. The number of aliphatic hydroxyl groups is 1. The fraction of sp³-hybridized carbons (Fsp3) is 0.500. The topological polar surface area (TPSA) is 96.6 Å². The molecule has 0 saturated heterocycles. The summed E-state index contributed by atoms with van der Waals surface area (Å²) in [5.74, 6) is -0.146. The number of aliphatic hydroxyl groups excluding tert-OH is 1. The lowest BCUT2D eigenvalue weighted by Crippen LogP contribution is -2.24. The Labute approximate surface area is 119 Å². The molecule has 5 N–H and O–H groups in total. The summed E-state index contributed by atoms with van der Waals surface area (Å²) in [4.78, 5) is 11.9. The molecule has 0 aliphatic heterocycles. The van der Waals surface area contributed by atoms with Crippen molar-refractivity contribution in [3.63, 3.8) is 0 Å². The first kappa shape index (κ1) is 16.3. The molecule has 6 nitrogen and oxygen atoms in total. The monoisotopic (exact) mass is 281 g/mol. The zero-order chi connectivity index (χ0) is 15.0. The molecule has 0 aliphatic carbocycles. The van der Waals surface area contributed by atoms with E-state index in [1.807, 2.05) is 6.92 Å². The first-order valence-electron chi connectivity index (χ1n) is 6.67. The van der Waals surface area contributed by atoms with E-state index in [-0.39, 0.29) is 5.91 Å². The number of carbonyl (C=O) groups is 1. The molecule has 0 radical (unpaired) electrons. The van der Waals surface area contributed by atoms with Crippen LogP contribution in [0.1, 0.15) is 23.7 Å². The van der Waals surface area contributed by atoms with Gasteiger partial charge in [0.05, 0.1) is 18.3 Å². The molecule has 1 atom stereocenters. The molecule has 0 fully saturated rings. The fourth-order valence-electron chi connectivity index (χ4n) is 1.81. The van der Waals surface area contributed by atoms with E-state index in [1.165, 1.54) is 0 Å². The molecule has 0 aromatic heterocycles. The predicted molar refractivity (Wildman–Crippen MR) is 79.9 cm³/mol. The SMILES string of the molecule is CCNC(=O)c1ccc(N)cc1NCCC(O)COC. The maximum atomic E-state index is 11.9. The van der Waals surface area contributed by atoms with Gasteiger partial charge in [0.15, 0.2) is 0 Å². The minimum absolute atomic E-state index is 0.146. The predicted octanol–water partition coefficient (Wildman–Crippen LogP) is 0.828. The highest BCUT2D eigenvalue weighted by Gasteiger charge is 2.11. The van der Waals surface area contributed by atoms with Crippen molar-refractivity contribution in [1.82, 2.24) is 5.32 Å². The first-order valence-corrected chi connectivity index (χ1v) is 6.67. The van der Waals surface area contributed by atoms with Crippen molar-refractivity contribution in [3.8, 4) is 0 Å². The van der Waals surface area contributed by atoms with E-state index in [9.17, 15) is 9.90 Å². The molecule has 1 rings (SSSR count). The molecule has 0 saturated carbocycles. The first-order chi connectivity index (χ1) is 9.58. The second-order valence-electron chi connectivity index (χ2n) is 4.49. The van der Waals surface area contributed by atoms with Gasteiger partial charge in [-0.3, -0.25) is 4.79 Å². The Morgan fingerprint density at radius 2 is 2.25 bits per heavy atom. The Kier molecular flexibility index (Phi) is 6.83. The Hall–Kier alpha value is -1.79. The third kappa shape index (κ3) is 5.07. The number of nitrogens with one attached hydrogen (secondary N) is 2. The molecule has 20 heavy (non-hydrogen) atoms.